The van der Waals surface area contributed by atoms with Crippen molar-refractivity contribution in [3.8, 4) is 5.75 Å². The quantitative estimate of drug-likeness (QED) is 0.739. The molecule has 1 amide bonds. The van der Waals surface area contributed by atoms with E-state index in [0.717, 1.165) is 5.56 Å². The fourth-order valence-electron chi connectivity index (χ4n) is 2.61. The van der Waals surface area contributed by atoms with Gasteiger partial charge in [-0.3, -0.25) is 4.79 Å². The van der Waals surface area contributed by atoms with Crippen LogP contribution in [0.5, 0.6) is 5.75 Å². The Morgan fingerprint density at radius 2 is 1.81 bits per heavy atom. The highest BCUT2D eigenvalue weighted by Gasteiger charge is 2.19. The first kappa shape index (κ1) is 20.4. The Morgan fingerprint density at radius 3 is 2.44 bits per heavy atom. The summed E-state index contributed by atoms with van der Waals surface area (Å²) in [5.41, 5.74) is 2.32. The number of nitrogens with one attached hydrogen (secondary N) is 1. The molecule has 0 spiro atoms. The van der Waals surface area contributed by atoms with Crippen LogP contribution in [0, 0.1) is 12.7 Å². The number of aryl methyl sites for hydroxylation is 1. The summed E-state index contributed by atoms with van der Waals surface area (Å²) < 4.78 is 24.0. The number of hydrogen-bond acceptors (Lipinski definition) is 4. The van der Waals surface area contributed by atoms with Gasteiger partial charge >= 0.3 is 5.97 Å². The number of halogens is 1. The molecule has 0 saturated heterocycles. The summed E-state index contributed by atoms with van der Waals surface area (Å²) in [6, 6.07) is 11.4. The first-order chi connectivity index (χ1) is 12.8. The van der Waals surface area contributed by atoms with Crippen molar-refractivity contribution in [2.45, 2.75) is 39.7 Å². The molecule has 0 aromatic heterocycles. The van der Waals surface area contributed by atoms with Crippen molar-refractivity contribution in [2.24, 2.45) is 0 Å². The van der Waals surface area contributed by atoms with Crippen LogP contribution in [-0.2, 0) is 14.3 Å². The van der Waals surface area contributed by atoms with E-state index < -0.39 is 23.8 Å². The predicted molar refractivity (Wildman–Crippen MR) is 101 cm³/mol. The number of amides is 1. The van der Waals surface area contributed by atoms with Crippen molar-refractivity contribution >= 4 is 17.6 Å². The van der Waals surface area contributed by atoms with Gasteiger partial charge in [-0.1, -0.05) is 32.0 Å². The Kier molecular flexibility index (Phi) is 6.93. The van der Waals surface area contributed by atoms with Gasteiger partial charge < -0.3 is 14.8 Å². The molecular weight excluding hydrogens is 349 g/mol. The lowest BCUT2D eigenvalue weighted by Crippen LogP contribution is -2.31. The average Bonchev–Trinajstić information content (AvgIpc) is 2.61. The molecule has 144 valence electrons. The van der Waals surface area contributed by atoms with Gasteiger partial charge in [0.15, 0.2) is 12.7 Å². The average molecular weight is 373 g/mol. The molecule has 27 heavy (non-hydrogen) atoms. The molecule has 0 saturated carbocycles. The van der Waals surface area contributed by atoms with Gasteiger partial charge in [-0.2, -0.15) is 0 Å². The van der Waals surface area contributed by atoms with Gasteiger partial charge in [0, 0.05) is 0 Å². The van der Waals surface area contributed by atoms with E-state index in [2.05, 4.69) is 19.2 Å². The molecule has 0 radical (unpaired) electrons. The van der Waals surface area contributed by atoms with Crippen molar-refractivity contribution in [2.75, 3.05) is 11.9 Å². The number of carbonyl (C=O) groups is 2. The minimum atomic E-state index is -1.08. The van der Waals surface area contributed by atoms with Crippen molar-refractivity contribution in [3.05, 3.63) is 59.4 Å². The molecule has 5 nitrogen and oxygen atoms in total. The lowest BCUT2D eigenvalue weighted by Gasteiger charge is -2.15. The molecule has 0 aliphatic carbocycles. The third kappa shape index (κ3) is 5.81. The van der Waals surface area contributed by atoms with E-state index in [1.165, 1.54) is 30.7 Å². The zero-order valence-electron chi connectivity index (χ0n) is 15.9. The summed E-state index contributed by atoms with van der Waals surface area (Å²) in [5.74, 6) is -0.912. The van der Waals surface area contributed by atoms with Gasteiger partial charge in [0.1, 0.15) is 11.6 Å². The van der Waals surface area contributed by atoms with Gasteiger partial charge in [0.05, 0.1) is 5.69 Å². The van der Waals surface area contributed by atoms with Crippen LogP contribution in [0.15, 0.2) is 42.5 Å². The molecule has 0 fully saturated rings. The second kappa shape index (κ2) is 9.16. The summed E-state index contributed by atoms with van der Waals surface area (Å²) >= 11 is 0. The predicted octanol–water partition coefficient (Wildman–Crippen LogP) is 4.21. The highest BCUT2D eigenvalue weighted by Crippen LogP contribution is 2.23. The molecule has 2 rings (SSSR count). The smallest absolute Gasteiger partial charge is 0.344 e. The monoisotopic (exact) mass is 373 g/mol. The fourth-order valence-corrected chi connectivity index (χ4v) is 2.61. The van der Waals surface area contributed by atoms with Gasteiger partial charge in [0.25, 0.3) is 5.91 Å². The van der Waals surface area contributed by atoms with E-state index >= 15 is 0 Å². The van der Waals surface area contributed by atoms with E-state index in [1.54, 1.807) is 12.1 Å². The Labute approximate surface area is 158 Å². The SMILES string of the molecule is Cc1cc(OCC(=O)O[C@@H](C)C(=O)Nc2ccccc2F)ccc1C(C)C. The Hall–Kier alpha value is -2.89. The summed E-state index contributed by atoms with van der Waals surface area (Å²) in [6.07, 6.45) is -1.08. The summed E-state index contributed by atoms with van der Waals surface area (Å²) in [7, 11) is 0. The largest absolute Gasteiger partial charge is 0.482 e. The lowest BCUT2D eigenvalue weighted by molar-refractivity contribution is -0.155. The topological polar surface area (TPSA) is 64.6 Å². The molecular formula is C21H24FNO4. The third-order valence-corrected chi connectivity index (χ3v) is 4.03. The van der Waals surface area contributed by atoms with Crippen LogP contribution in [0.1, 0.15) is 37.8 Å². The van der Waals surface area contributed by atoms with Gasteiger partial charge in [-0.15, -0.1) is 0 Å². The van der Waals surface area contributed by atoms with Crippen molar-refractivity contribution in [1.82, 2.24) is 0 Å². The van der Waals surface area contributed by atoms with Crippen LogP contribution in [-0.4, -0.2) is 24.6 Å². The minimum absolute atomic E-state index is 0.0300. The molecule has 0 aliphatic heterocycles. The van der Waals surface area contributed by atoms with Crippen LogP contribution in [0.2, 0.25) is 0 Å². The maximum absolute atomic E-state index is 13.6. The molecule has 0 unspecified atom stereocenters. The summed E-state index contributed by atoms with van der Waals surface area (Å²) in [4.78, 5) is 23.9. The molecule has 1 atom stereocenters. The highest BCUT2D eigenvalue weighted by atomic mass is 19.1. The molecule has 0 bridgehead atoms. The lowest BCUT2D eigenvalue weighted by atomic mass is 9.98. The molecule has 0 aliphatic rings. The number of ether oxygens (including phenoxy) is 2. The van der Waals surface area contributed by atoms with Gasteiger partial charge in [0.2, 0.25) is 0 Å². The Morgan fingerprint density at radius 1 is 1.11 bits per heavy atom. The van der Waals surface area contributed by atoms with Crippen LogP contribution in [0.25, 0.3) is 0 Å². The Balaban J connectivity index is 1.85. The highest BCUT2D eigenvalue weighted by molar-refractivity contribution is 5.95. The number of rotatable bonds is 7. The van der Waals surface area contributed by atoms with E-state index in [4.69, 9.17) is 9.47 Å². The van der Waals surface area contributed by atoms with Crippen LogP contribution in [0.4, 0.5) is 10.1 Å². The van der Waals surface area contributed by atoms with Crippen molar-refractivity contribution in [3.63, 3.8) is 0 Å². The molecule has 6 heteroatoms. The first-order valence-electron chi connectivity index (χ1n) is 8.76. The normalized spacial score (nSPS) is 11.8. The minimum Gasteiger partial charge on any atom is -0.482 e. The fraction of sp³-hybridized carbons (Fsp3) is 0.333. The van der Waals surface area contributed by atoms with E-state index in [0.29, 0.717) is 11.7 Å². The molecule has 2 aromatic rings. The molecule has 2 aromatic carbocycles. The van der Waals surface area contributed by atoms with Crippen LogP contribution < -0.4 is 10.1 Å². The standard InChI is InChI=1S/C21H24FNO4/c1-13(2)17-10-9-16(11-14(17)3)26-12-20(24)27-15(4)21(25)23-19-8-6-5-7-18(19)22/h5-11,13,15H,12H2,1-4H3,(H,23,25)/t15-/m0/s1. The first-order valence-corrected chi connectivity index (χ1v) is 8.76. The number of hydrogen-bond donors (Lipinski definition) is 1. The number of anilines is 1. The van der Waals surface area contributed by atoms with Gasteiger partial charge in [-0.05, 0) is 55.2 Å². The number of esters is 1. The second-order valence-electron chi connectivity index (χ2n) is 6.56. The van der Waals surface area contributed by atoms with Crippen molar-refractivity contribution in [1.29, 1.82) is 0 Å². The zero-order valence-corrected chi connectivity index (χ0v) is 15.9. The van der Waals surface area contributed by atoms with E-state index in [-0.39, 0.29) is 12.3 Å². The third-order valence-electron chi connectivity index (χ3n) is 4.03. The molecule has 0 heterocycles. The number of benzene rings is 2. The number of carbonyl (C=O) groups excluding carboxylic acids is 2. The van der Waals surface area contributed by atoms with Crippen molar-refractivity contribution < 1.29 is 23.5 Å². The molecule has 1 N–H and O–H groups in total. The zero-order chi connectivity index (χ0) is 20.0. The summed E-state index contributed by atoms with van der Waals surface area (Å²) in [5, 5.41) is 2.38. The van der Waals surface area contributed by atoms with E-state index in [9.17, 15) is 14.0 Å². The second-order valence-corrected chi connectivity index (χ2v) is 6.56. The maximum atomic E-state index is 13.6. The van der Waals surface area contributed by atoms with Crippen LogP contribution in [0.3, 0.4) is 0 Å². The van der Waals surface area contributed by atoms with E-state index in [1.807, 2.05) is 19.1 Å². The number of para-hydroxylation sites is 1. The van der Waals surface area contributed by atoms with Crippen LogP contribution >= 0.6 is 0 Å². The Bertz CT molecular complexity index is 820. The maximum Gasteiger partial charge on any atom is 0.344 e. The van der Waals surface area contributed by atoms with Gasteiger partial charge in [-0.25, -0.2) is 9.18 Å². The summed E-state index contributed by atoms with van der Waals surface area (Å²) in [6.45, 7) is 7.28.